The molecule has 0 saturated carbocycles. The molecule has 0 atom stereocenters. The van der Waals surface area contributed by atoms with Gasteiger partial charge in [0.25, 0.3) is 0 Å². The quantitative estimate of drug-likeness (QED) is 0.870. The van der Waals surface area contributed by atoms with Crippen molar-refractivity contribution in [3.8, 4) is 0 Å². The number of amides is 1. The van der Waals surface area contributed by atoms with Crippen LogP contribution in [0.5, 0.6) is 0 Å². The Morgan fingerprint density at radius 2 is 2.05 bits per heavy atom. The zero-order valence-corrected chi connectivity index (χ0v) is 12.6. The number of halogens is 3. The molecule has 3 N–H and O–H groups in total. The van der Waals surface area contributed by atoms with Crippen molar-refractivity contribution in [1.29, 1.82) is 0 Å². The molecule has 0 saturated heterocycles. The van der Waals surface area contributed by atoms with Gasteiger partial charge < -0.3 is 11.1 Å². The van der Waals surface area contributed by atoms with Crippen molar-refractivity contribution < 1.29 is 9.18 Å². The first kappa shape index (κ1) is 14.8. The number of nitrogens with one attached hydrogen (secondary N) is 1. The smallest absolute Gasteiger partial charge is 0.248 e. The van der Waals surface area contributed by atoms with E-state index in [1.807, 2.05) is 12.1 Å². The van der Waals surface area contributed by atoms with Crippen LogP contribution in [-0.4, -0.2) is 5.91 Å². The summed E-state index contributed by atoms with van der Waals surface area (Å²) in [7, 11) is 0. The predicted octanol–water partition coefficient (Wildman–Crippen LogP) is 3.95. The van der Waals surface area contributed by atoms with Crippen molar-refractivity contribution in [1.82, 2.24) is 0 Å². The lowest BCUT2D eigenvalue weighted by atomic mass is 10.1. The SMILES string of the molecule is NC(=O)c1ccc(F)c(NCc2ccc(Br)cc2Cl)c1. The first-order valence-corrected chi connectivity index (χ1v) is 6.91. The highest BCUT2D eigenvalue weighted by Crippen LogP contribution is 2.23. The standard InChI is InChI=1S/C14H11BrClFN2O/c15-10-3-1-9(11(16)6-10)7-19-13-5-8(14(18)20)2-4-12(13)17/h1-6,19H,7H2,(H2,18,20). The highest BCUT2D eigenvalue weighted by atomic mass is 79.9. The average molecular weight is 358 g/mol. The molecule has 0 unspecified atom stereocenters. The zero-order valence-electron chi connectivity index (χ0n) is 10.3. The first-order chi connectivity index (χ1) is 9.47. The van der Waals surface area contributed by atoms with Crippen LogP contribution in [0.15, 0.2) is 40.9 Å². The lowest BCUT2D eigenvalue weighted by Crippen LogP contribution is -2.12. The second kappa shape index (κ2) is 6.24. The van der Waals surface area contributed by atoms with Crippen LogP contribution in [-0.2, 0) is 6.54 Å². The van der Waals surface area contributed by atoms with Gasteiger partial charge in [0.2, 0.25) is 5.91 Å². The molecule has 3 nitrogen and oxygen atoms in total. The number of carbonyl (C=O) groups excluding carboxylic acids is 1. The molecule has 0 fully saturated rings. The molecule has 20 heavy (non-hydrogen) atoms. The van der Waals surface area contributed by atoms with E-state index in [2.05, 4.69) is 21.2 Å². The maximum atomic E-state index is 13.6. The van der Waals surface area contributed by atoms with Crippen molar-refractivity contribution in [2.75, 3.05) is 5.32 Å². The van der Waals surface area contributed by atoms with Gasteiger partial charge in [0, 0.05) is 21.6 Å². The van der Waals surface area contributed by atoms with Gasteiger partial charge in [-0.05, 0) is 35.9 Å². The van der Waals surface area contributed by atoms with Crippen LogP contribution < -0.4 is 11.1 Å². The Bertz CT molecular complexity index is 664. The first-order valence-electron chi connectivity index (χ1n) is 5.74. The maximum absolute atomic E-state index is 13.6. The Labute approximate surface area is 129 Å². The van der Waals surface area contributed by atoms with Crippen molar-refractivity contribution in [3.63, 3.8) is 0 Å². The average Bonchev–Trinajstić information content (AvgIpc) is 2.39. The number of rotatable bonds is 4. The summed E-state index contributed by atoms with van der Waals surface area (Å²) in [4.78, 5) is 11.1. The molecule has 0 aliphatic heterocycles. The molecule has 0 radical (unpaired) electrons. The second-order valence-corrected chi connectivity index (χ2v) is 5.47. The van der Waals surface area contributed by atoms with Crippen LogP contribution in [0.4, 0.5) is 10.1 Å². The molecule has 2 rings (SSSR count). The van der Waals surface area contributed by atoms with Gasteiger partial charge >= 0.3 is 0 Å². The molecule has 104 valence electrons. The summed E-state index contributed by atoms with van der Waals surface area (Å²) in [5.41, 5.74) is 6.44. The van der Waals surface area contributed by atoms with E-state index in [9.17, 15) is 9.18 Å². The minimum absolute atomic E-state index is 0.209. The second-order valence-electron chi connectivity index (χ2n) is 4.15. The van der Waals surface area contributed by atoms with Gasteiger partial charge in [-0.1, -0.05) is 33.6 Å². The lowest BCUT2D eigenvalue weighted by Gasteiger charge is -2.10. The summed E-state index contributed by atoms with van der Waals surface area (Å²) < 4.78 is 14.5. The number of nitrogens with two attached hydrogens (primary N) is 1. The zero-order chi connectivity index (χ0) is 14.7. The van der Waals surface area contributed by atoms with Gasteiger partial charge in [0.1, 0.15) is 5.82 Å². The third kappa shape index (κ3) is 3.49. The van der Waals surface area contributed by atoms with E-state index in [0.29, 0.717) is 11.6 Å². The van der Waals surface area contributed by atoms with Crippen LogP contribution in [0.3, 0.4) is 0 Å². The molecule has 6 heteroatoms. The van der Waals surface area contributed by atoms with Gasteiger partial charge in [-0.25, -0.2) is 4.39 Å². The van der Waals surface area contributed by atoms with Crippen molar-refractivity contribution in [2.45, 2.75) is 6.54 Å². The summed E-state index contributed by atoms with van der Waals surface area (Å²) in [5.74, 6) is -1.06. The van der Waals surface area contributed by atoms with Crippen molar-refractivity contribution in [3.05, 3.63) is 62.8 Å². The molecule has 0 aromatic heterocycles. The topological polar surface area (TPSA) is 55.1 Å². The number of benzene rings is 2. The summed E-state index contributed by atoms with van der Waals surface area (Å²) >= 11 is 9.39. The molecule has 0 heterocycles. The van der Waals surface area contributed by atoms with Crippen LogP contribution >= 0.6 is 27.5 Å². The van der Waals surface area contributed by atoms with Gasteiger partial charge in [0.15, 0.2) is 0 Å². The molecule has 0 aliphatic rings. The lowest BCUT2D eigenvalue weighted by molar-refractivity contribution is 0.100. The van der Waals surface area contributed by atoms with Crippen molar-refractivity contribution in [2.24, 2.45) is 5.73 Å². The Balaban J connectivity index is 2.18. The largest absolute Gasteiger partial charge is 0.379 e. The fraction of sp³-hybridized carbons (Fsp3) is 0.0714. The van der Waals surface area contributed by atoms with E-state index >= 15 is 0 Å². The highest BCUT2D eigenvalue weighted by molar-refractivity contribution is 9.10. The Hall–Kier alpha value is -1.59. The molecule has 0 bridgehead atoms. The van der Waals surface area contributed by atoms with Crippen LogP contribution in [0.2, 0.25) is 5.02 Å². The monoisotopic (exact) mass is 356 g/mol. The van der Waals surface area contributed by atoms with Crippen molar-refractivity contribution >= 4 is 39.1 Å². The number of anilines is 1. The predicted molar refractivity (Wildman–Crippen MR) is 81.4 cm³/mol. The summed E-state index contributed by atoms with van der Waals surface area (Å²) in [5, 5.41) is 3.47. The summed E-state index contributed by atoms with van der Waals surface area (Å²) in [6.07, 6.45) is 0. The highest BCUT2D eigenvalue weighted by Gasteiger charge is 2.08. The Kier molecular flexibility index (Phi) is 4.62. The Morgan fingerprint density at radius 1 is 1.30 bits per heavy atom. The van der Waals surface area contributed by atoms with E-state index in [-0.39, 0.29) is 11.3 Å². The third-order valence-electron chi connectivity index (χ3n) is 2.74. The number of hydrogen-bond donors (Lipinski definition) is 2. The van der Waals surface area contributed by atoms with Gasteiger partial charge in [-0.3, -0.25) is 4.79 Å². The number of primary amides is 1. The molecule has 2 aromatic rings. The molecule has 1 amide bonds. The minimum Gasteiger partial charge on any atom is -0.379 e. The Morgan fingerprint density at radius 3 is 2.70 bits per heavy atom. The van der Waals surface area contributed by atoms with Crippen LogP contribution in [0.1, 0.15) is 15.9 Å². The molecular weight excluding hydrogens is 347 g/mol. The summed E-state index contributed by atoms with van der Waals surface area (Å²) in [6.45, 7) is 0.339. The normalized spacial score (nSPS) is 10.3. The molecule has 2 aromatic carbocycles. The van der Waals surface area contributed by atoms with E-state index in [4.69, 9.17) is 17.3 Å². The maximum Gasteiger partial charge on any atom is 0.248 e. The third-order valence-corrected chi connectivity index (χ3v) is 3.58. The fourth-order valence-corrected chi connectivity index (χ4v) is 2.41. The van der Waals surface area contributed by atoms with E-state index in [1.165, 1.54) is 18.2 Å². The van der Waals surface area contributed by atoms with Crippen LogP contribution in [0, 0.1) is 5.82 Å². The number of carbonyl (C=O) groups is 1. The summed E-state index contributed by atoms with van der Waals surface area (Å²) in [6, 6.07) is 9.36. The molecular formula is C14H11BrClFN2O. The molecule has 0 spiro atoms. The van der Waals surface area contributed by atoms with Gasteiger partial charge in [0.05, 0.1) is 5.69 Å². The van der Waals surface area contributed by atoms with E-state index in [0.717, 1.165) is 10.0 Å². The fourth-order valence-electron chi connectivity index (χ4n) is 1.67. The van der Waals surface area contributed by atoms with E-state index < -0.39 is 11.7 Å². The number of hydrogen-bond acceptors (Lipinski definition) is 2. The van der Waals surface area contributed by atoms with Gasteiger partial charge in [-0.15, -0.1) is 0 Å². The van der Waals surface area contributed by atoms with Gasteiger partial charge in [-0.2, -0.15) is 0 Å². The van der Waals surface area contributed by atoms with E-state index in [1.54, 1.807) is 6.07 Å². The van der Waals surface area contributed by atoms with Crippen LogP contribution in [0.25, 0.3) is 0 Å². The minimum atomic E-state index is -0.602. The molecule has 0 aliphatic carbocycles.